The van der Waals surface area contributed by atoms with E-state index < -0.39 is 0 Å². The molecular weight excluding hydrogens is 216 g/mol. The molecule has 0 unspecified atom stereocenters. The average Bonchev–Trinajstić information content (AvgIpc) is 2.79. The first kappa shape index (κ1) is 11.6. The number of hydrogen-bond donors (Lipinski definition) is 1. The van der Waals surface area contributed by atoms with Gasteiger partial charge in [-0.2, -0.15) is 0 Å². The molecule has 0 bridgehead atoms. The number of anilines is 1. The van der Waals surface area contributed by atoms with Crippen LogP contribution in [0.15, 0.2) is 36.9 Å². The summed E-state index contributed by atoms with van der Waals surface area (Å²) < 4.78 is 7.05. The van der Waals surface area contributed by atoms with Crippen molar-refractivity contribution in [3.05, 3.63) is 42.5 Å². The lowest BCUT2D eigenvalue weighted by Gasteiger charge is -2.09. The lowest BCUT2D eigenvalue weighted by Crippen LogP contribution is -2.12. The molecule has 0 spiro atoms. The van der Waals surface area contributed by atoms with Crippen LogP contribution < -0.4 is 5.32 Å². The molecule has 0 saturated heterocycles. The third-order valence-electron chi connectivity index (χ3n) is 2.41. The number of rotatable bonds is 6. The molecule has 2 heterocycles. The van der Waals surface area contributed by atoms with E-state index in [1.807, 2.05) is 18.3 Å². The summed E-state index contributed by atoms with van der Waals surface area (Å²) in [6.45, 7) is 2.21. The summed E-state index contributed by atoms with van der Waals surface area (Å²) in [5.41, 5.74) is 1.20. The first-order chi connectivity index (χ1) is 8.40. The van der Waals surface area contributed by atoms with E-state index >= 15 is 0 Å². The number of nitrogens with one attached hydrogen (secondary N) is 1. The van der Waals surface area contributed by atoms with Gasteiger partial charge in [0, 0.05) is 38.4 Å². The fraction of sp³-hybridized carbons (Fsp3) is 0.333. The standard InChI is InChI=1S/C12H16N4O/c1-17-9-7-15-12-14-6-8-16(12)10-11-2-4-13-5-3-11/h2-6,8H,7,9-10H2,1H3,(H,14,15). The molecular formula is C12H16N4O. The van der Waals surface area contributed by atoms with E-state index in [4.69, 9.17) is 4.74 Å². The lowest BCUT2D eigenvalue weighted by molar-refractivity contribution is 0.210. The van der Waals surface area contributed by atoms with E-state index in [0.29, 0.717) is 6.61 Å². The van der Waals surface area contributed by atoms with Crippen molar-refractivity contribution in [2.45, 2.75) is 6.54 Å². The lowest BCUT2D eigenvalue weighted by atomic mass is 10.3. The minimum Gasteiger partial charge on any atom is -0.383 e. The summed E-state index contributed by atoms with van der Waals surface area (Å²) in [4.78, 5) is 8.27. The molecule has 5 nitrogen and oxygen atoms in total. The molecule has 2 aromatic rings. The van der Waals surface area contributed by atoms with E-state index in [1.54, 1.807) is 25.7 Å². The molecule has 0 radical (unpaired) electrons. The third-order valence-corrected chi connectivity index (χ3v) is 2.41. The molecule has 0 amide bonds. The van der Waals surface area contributed by atoms with Gasteiger partial charge in [-0.25, -0.2) is 4.98 Å². The van der Waals surface area contributed by atoms with Gasteiger partial charge in [-0.05, 0) is 17.7 Å². The van der Waals surface area contributed by atoms with Crippen LogP contribution in [0.1, 0.15) is 5.56 Å². The third kappa shape index (κ3) is 3.29. The normalized spacial score (nSPS) is 10.4. The van der Waals surface area contributed by atoms with Crippen LogP contribution in [0.3, 0.4) is 0 Å². The summed E-state index contributed by atoms with van der Waals surface area (Å²) >= 11 is 0. The Morgan fingerprint density at radius 2 is 2.12 bits per heavy atom. The molecule has 0 aromatic carbocycles. The van der Waals surface area contributed by atoms with Gasteiger partial charge in [0.1, 0.15) is 0 Å². The second-order valence-corrected chi connectivity index (χ2v) is 3.65. The Balaban J connectivity index is 1.99. The highest BCUT2D eigenvalue weighted by molar-refractivity contribution is 5.27. The summed E-state index contributed by atoms with van der Waals surface area (Å²) in [5.74, 6) is 0.860. The maximum atomic E-state index is 4.99. The highest BCUT2D eigenvalue weighted by Crippen LogP contribution is 2.08. The molecule has 0 aliphatic heterocycles. The number of aromatic nitrogens is 3. The number of imidazole rings is 1. The quantitative estimate of drug-likeness (QED) is 0.765. The SMILES string of the molecule is COCCNc1nccn1Cc1ccncc1. The summed E-state index contributed by atoms with van der Waals surface area (Å²) in [6.07, 6.45) is 7.33. The molecule has 0 atom stereocenters. The number of ether oxygens (including phenoxy) is 1. The van der Waals surface area contributed by atoms with Crippen molar-refractivity contribution in [1.29, 1.82) is 0 Å². The largest absolute Gasteiger partial charge is 0.383 e. The van der Waals surface area contributed by atoms with Crippen LogP contribution in [0.25, 0.3) is 0 Å². The number of pyridine rings is 1. The van der Waals surface area contributed by atoms with Crippen molar-refractivity contribution in [2.75, 3.05) is 25.6 Å². The Kier molecular flexibility index (Phi) is 4.10. The van der Waals surface area contributed by atoms with Gasteiger partial charge < -0.3 is 14.6 Å². The second kappa shape index (κ2) is 6.00. The topological polar surface area (TPSA) is 52.0 Å². The second-order valence-electron chi connectivity index (χ2n) is 3.65. The van der Waals surface area contributed by atoms with Crippen LogP contribution in [-0.4, -0.2) is 34.8 Å². The van der Waals surface area contributed by atoms with E-state index in [2.05, 4.69) is 19.9 Å². The van der Waals surface area contributed by atoms with Gasteiger partial charge in [-0.15, -0.1) is 0 Å². The molecule has 0 aliphatic rings. The Labute approximate surface area is 100 Å². The molecule has 2 rings (SSSR count). The first-order valence-electron chi connectivity index (χ1n) is 5.53. The van der Waals surface area contributed by atoms with Crippen LogP contribution >= 0.6 is 0 Å². The molecule has 0 aliphatic carbocycles. The van der Waals surface area contributed by atoms with Crippen molar-refractivity contribution in [1.82, 2.24) is 14.5 Å². The Morgan fingerprint density at radius 3 is 2.88 bits per heavy atom. The van der Waals surface area contributed by atoms with Gasteiger partial charge in [0.05, 0.1) is 13.2 Å². The van der Waals surface area contributed by atoms with Gasteiger partial charge >= 0.3 is 0 Å². The molecule has 17 heavy (non-hydrogen) atoms. The molecule has 90 valence electrons. The highest BCUT2D eigenvalue weighted by Gasteiger charge is 2.02. The van der Waals surface area contributed by atoms with Crippen molar-refractivity contribution >= 4 is 5.95 Å². The van der Waals surface area contributed by atoms with Crippen LogP contribution in [0, 0.1) is 0 Å². The van der Waals surface area contributed by atoms with Crippen molar-refractivity contribution in [3.63, 3.8) is 0 Å². The summed E-state index contributed by atoms with van der Waals surface area (Å²) in [6, 6.07) is 4.00. The Bertz CT molecular complexity index is 441. The predicted molar refractivity (Wildman–Crippen MR) is 65.9 cm³/mol. The molecule has 5 heteroatoms. The zero-order chi connectivity index (χ0) is 11.9. The Hall–Kier alpha value is -1.88. The van der Waals surface area contributed by atoms with E-state index in [1.165, 1.54) is 5.56 Å². The van der Waals surface area contributed by atoms with Gasteiger partial charge in [-0.1, -0.05) is 0 Å². The van der Waals surface area contributed by atoms with Crippen LogP contribution in [-0.2, 0) is 11.3 Å². The van der Waals surface area contributed by atoms with Crippen molar-refractivity contribution < 1.29 is 4.74 Å². The predicted octanol–water partition coefficient (Wildman–Crippen LogP) is 1.38. The van der Waals surface area contributed by atoms with E-state index in [0.717, 1.165) is 19.0 Å². The minimum atomic E-state index is 0.669. The number of nitrogens with zero attached hydrogens (tertiary/aromatic N) is 3. The molecule has 1 N–H and O–H groups in total. The summed E-state index contributed by atoms with van der Waals surface area (Å²) in [5, 5.41) is 3.23. The van der Waals surface area contributed by atoms with E-state index in [9.17, 15) is 0 Å². The van der Waals surface area contributed by atoms with Crippen LogP contribution in [0.5, 0.6) is 0 Å². The fourth-order valence-electron chi connectivity index (χ4n) is 1.55. The zero-order valence-electron chi connectivity index (χ0n) is 9.84. The smallest absolute Gasteiger partial charge is 0.203 e. The fourth-order valence-corrected chi connectivity index (χ4v) is 1.55. The maximum Gasteiger partial charge on any atom is 0.203 e. The molecule has 0 saturated carbocycles. The van der Waals surface area contributed by atoms with Crippen LogP contribution in [0.4, 0.5) is 5.95 Å². The minimum absolute atomic E-state index is 0.669. The van der Waals surface area contributed by atoms with E-state index in [-0.39, 0.29) is 0 Å². The van der Waals surface area contributed by atoms with Crippen molar-refractivity contribution in [3.8, 4) is 0 Å². The monoisotopic (exact) mass is 232 g/mol. The maximum absolute atomic E-state index is 4.99. The molecule has 0 fully saturated rings. The van der Waals surface area contributed by atoms with Gasteiger partial charge in [0.15, 0.2) is 0 Å². The highest BCUT2D eigenvalue weighted by atomic mass is 16.5. The van der Waals surface area contributed by atoms with Crippen LogP contribution in [0.2, 0.25) is 0 Å². The number of methoxy groups -OCH3 is 1. The van der Waals surface area contributed by atoms with Gasteiger partial charge in [0.25, 0.3) is 0 Å². The summed E-state index contributed by atoms with van der Waals surface area (Å²) in [7, 11) is 1.69. The number of hydrogen-bond acceptors (Lipinski definition) is 4. The van der Waals surface area contributed by atoms with Gasteiger partial charge in [-0.3, -0.25) is 4.98 Å². The zero-order valence-corrected chi connectivity index (χ0v) is 9.84. The average molecular weight is 232 g/mol. The van der Waals surface area contributed by atoms with Crippen molar-refractivity contribution in [2.24, 2.45) is 0 Å². The first-order valence-corrected chi connectivity index (χ1v) is 5.53. The van der Waals surface area contributed by atoms with Gasteiger partial charge in [0.2, 0.25) is 5.95 Å². The molecule has 2 aromatic heterocycles. The Morgan fingerprint density at radius 1 is 1.29 bits per heavy atom.